The SMILES string of the molecule is CN(c1ccc(-c2cc3occc(=O)c3cc2O)nn1)C1CC2CCC(C1)N2C. The van der Waals surface area contributed by atoms with Crippen LogP contribution in [-0.2, 0) is 0 Å². The number of phenols is 1. The van der Waals surface area contributed by atoms with E-state index in [1.165, 1.54) is 31.2 Å². The lowest BCUT2D eigenvalue weighted by Crippen LogP contribution is -2.48. The molecule has 2 bridgehead atoms. The van der Waals surface area contributed by atoms with Gasteiger partial charge < -0.3 is 19.3 Å². The first kappa shape index (κ1) is 18.1. The van der Waals surface area contributed by atoms with Crippen molar-refractivity contribution in [3.05, 3.63) is 46.8 Å². The summed E-state index contributed by atoms with van der Waals surface area (Å²) in [6, 6.07) is 9.97. The van der Waals surface area contributed by atoms with Gasteiger partial charge in [0.05, 0.1) is 17.3 Å². The highest BCUT2D eigenvalue weighted by Gasteiger charge is 2.39. The molecule has 1 aromatic carbocycles. The van der Waals surface area contributed by atoms with Crippen LogP contribution in [0.15, 0.2) is 45.8 Å². The van der Waals surface area contributed by atoms with Crippen molar-refractivity contribution < 1.29 is 9.52 Å². The summed E-state index contributed by atoms with van der Waals surface area (Å²) in [7, 11) is 4.33. The van der Waals surface area contributed by atoms with Gasteiger partial charge in [0.15, 0.2) is 11.2 Å². The fourth-order valence-corrected chi connectivity index (χ4v) is 4.87. The zero-order valence-corrected chi connectivity index (χ0v) is 16.6. The van der Waals surface area contributed by atoms with Gasteiger partial charge in [-0.1, -0.05) is 0 Å². The predicted molar refractivity (Wildman–Crippen MR) is 111 cm³/mol. The first-order chi connectivity index (χ1) is 14.0. The molecule has 0 aliphatic carbocycles. The van der Waals surface area contributed by atoms with E-state index in [0.717, 1.165) is 18.7 Å². The Kier molecular flexibility index (Phi) is 4.28. The maximum atomic E-state index is 11.9. The number of benzene rings is 1. The second-order valence-electron chi connectivity index (χ2n) is 8.21. The average Bonchev–Trinajstić information content (AvgIpc) is 2.93. The smallest absolute Gasteiger partial charge is 0.192 e. The normalized spacial score (nSPS) is 24.1. The molecule has 0 radical (unpaired) electrons. The Morgan fingerprint density at radius 3 is 2.59 bits per heavy atom. The zero-order chi connectivity index (χ0) is 20.1. The van der Waals surface area contributed by atoms with Gasteiger partial charge in [0.25, 0.3) is 0 Å². The lowest BCUT2D eigenvalue weighted by molar-refractivity contribution is 0.160. The molecule has 2 saturated heterocycles. The third-order valence-corrected chi connectivity index (χ3v) is 6.69. The summed E-state index contributed by atoms with van der Waals surface area (Å²) in [5, 5.41) is 19.5. The minimum Gasteiger partial charge on any atom is -0.507 e. The van der Waals surface area contributed by atoms with Gasteiger partial charge in [-0.25, -0.2) is 0 Å². The fraction of sp³-hybridized carbons (Fsp3) is 0.409. The van der Waals surface area contributed by atoms with E-state index in [0.29, 0.717) is 40.4 Å². The summed E-state index contributed by atoms with van der Waals surface area (Å²) in [6.45, 7) is 0. The van der Waals surface area contributed by atoms with Crippen molar-refractivity contribution in [2.45, 2.75) is 43.8 Å². The molecule has 2 fully saturated rings. The van der Waals surface area contributed by atoms with Gasteiger partial charge in [0, 0.05) is 36.8 Å². The van der Waals surface area contributed by atoms with Crippen molar-refractivity contribution in [1.82, 2.24) is 15.1 Å². The van der Waals surface area contributed by atoms with Crippen LogP contribution < -0.4 is 10.3 Å². The summed E-state index contributed by atoms with van der Waals surface area (Å²) in [6.07, 6.45) is 6.22. The number of rotatable bonds is 3. The Bertz CT molecular complexity index is 1100. The molecule has 29 heavy (non-hydrogen) atoms. The molecule has 7 nitrogen and oxygen atoms in total. The minimum atomic E-state index is -0.191. The van der Waals surface area contributed by atoms with Crippen molar-refractivity contribution in [3.63, 3.8) is 0 Å². The largest absolute Gasteiger partial charge is 0.507 e. The van der Waals surface area contributed by atoms with Gasteiger partial charge in [0.2, 0.25) is 0 Å². The Hall–Kier alpha value is -2.93. The van der Waals surface area contributed by atoms with Gasteiger partial charge in [0.1, 0.15) is 11.3 Å². The van der Waals surface area contributed by atoms with Crippen LogP contribution in [0.25, 0.3) is 22.2 Å². The highest BCUT2D eigenvalue weighted by Crippen LogP contribution is 2.37. The summed E-state index contributed by atoms with van der Waals surface area (Å²) < 4.78 is 5.41. The summed E-state index contributed by atoms with van der Waals surface area (Å²) in [4.78, 5) is 16.7. The third-order valence-electron chi connectivity index (χ3n) is 6.69. The number of anilines is 1. The van der Waals surface area contributed by atoms with E-state index in [9.17, 15) is 9.90 Å². The predicted octanol–water partition coefficient (Wildman–Crippen LogP) is 3.02. The number of aromatic nitrogens is 2. The molecule has 7 heteroatoms. The van der Waals surface area contributed by atoms with Gasteiger partial charge in [-0.3, -0.25) is 4.79 Å². The number of phenolic OH excluding ortho intramolecular Hbond substituents is 1. The molecule has 5 rings (SSSR count). The molecule has 0 saturated carbocycles. The molecule has 2 unspecified atom stereocenters. The van der Waals surface area contributed by atoms with Crippen LogP contribution in [0, 0.1) is 0 Å². The van der Waals surface area contributed by atoms with Crippen LogP contribution in [0.4, 0.5) is 5.82 Å². The molecule has 0 spiro atoms. The lowest BCUT2D eigenvalue weighted by Gasteiger charge is -2.40. The maximum Gasteiger partial charge on any atom is 0.192 e. The van der Waals surface area contributed by atoms with E-state index in [-0.39, 0.29) is 11.2 Å². The summed E-state index contributed by atoms with van der Waals surface area (Å²) in [5.74, 6) is 0.813. The monoisotopic (exact) mass is 392 g/mol. The number of piperidine rings is 1. The molecular weight excluding hydrogens is 368 g/mol. The van der Waals surface area contributed by atoms with E-state index in [1.807, 2.05) is 12.1 Å². The number of nitrogens with zero attached hydrogens (tertiary/aromatic N) is 4. The number of hydrogen-bond acceptors (Lipinski definition) is 7. The molecule has 2 aliphatic heterocycles. The number of aromatic hydroxyl groups is 1. The molecule has 150 valence electrons. The van der Waals surface area contributed by atoms with E-state index in [2.05, 4.69) is 34.1 Å². The van der Waals surface area contributed by atoms with Crippen LogP contribution in [0.2, 0.25) is 0 Å². The first-order valence-electron chi connectivity index (χ1n) is 10.0. The van der Waals surface area contributed by atoms with E-state index in [1.54, 1.807) is 6.07 Å². The van der Waals surface area contributed by atoms with E-state index in [4.69, 9.17) is 4.42 Å². The molecular formula is C22H24N4O3. The Balaban J connectivity index is 1.41. The van der Waals surface area contributed by atoms with Crippen molar-refractivity contribution in [3.8, 4) is 17.0 Å². The maximum absolute atomic E-state index is 11.9. The average molecular weight is 392 g/mol. The quantitative estimate of drug-likeness (QED) is 0.734. The minimum absolute atomic E-state index is 0.0155. The van der Waals surface area contributed by atoms with E-state index >= 15 is 0 Å². The highest BCUT2D eigenvalue weighted by atomic mass is 16.3. The Morgan fingerprint density at radius 1 is 1.14 bits per heavy atom. The van der Waals surface area contributed by atoms with Gasteiger partial charge >= 0.3 is 0 Å². The third kappa shape index (κ3) is 3.06. The van der Waals surface area contributed by atoms with Crippen LogP contribution in [0.5, 0.6) is 5.75 Å². The molecule has 2 aromatic heterocycles. The molecule has 3 aromatic rings. The van der Waals surface area contributed by atoms with Crippen LogP contribution in [0.3, 0.4) is 0 Å². The topological polar surface area (TPSA) is 82.7 Å². The van der Waals surface area contributed by atoms with Crippen molar-refractivity contribution in [1.29, 1.82) is 0 Å². The Morgan fingerprint density at radius 2 is 1.90 bits per heavy atom. The van der Waals surface area contributed by atoms with Gasteiger partial charge in [-0.05, 0) is 57.0 Å². The van der Waals surface area contributed by atoms with Crippen LogP contribution >= 0.6 is 0 Å². The molecule has 0 amide bonds. The van der Waals surface area contributed by atoms with E-state index < -0.39 is 0 Å². The Labute approximate surface area is 168 Å². The second-order valence-corrected chi connectivity index (χ2v) is 8.21. The standard InChI is InChI=1S/C22H24N4O3/c1-25-13-3-4-14(25)10-15(9-13)26(2)22-6-5-18(23-24-22)16-12-21-17(11-20(16)28)19(27)7-8-29-21/h5-8,11-15,28H,3-4,9-10H2,1-2H3. The zero-order valence-electron chi connectivity index (χ0n) is 16.6. The van der Waals surface area contributed by atoms with Gasteiger partial charge in [-0.15, -0.1) is 10.2 Å². The molecule has 2 aliphatic rings. The first-order valence-corrected chi connectivity index (χ1v) is 10.0. The summed E-state index contributed by atoms with van der Waals surface area (Å²) in [5.41, 5.74) is 1.25. The molecule has 4 heterocycles. The highest BCUT2D eigenvalue weighted by molar-refractivity contribution is 5.85. The number of hydrogen-bond donors (Lipinski definition) is 1. The van der Waals surface area contributed by atoms with Gasteiger partial charge in [-0.2, -0.15) is 0 Å². The molecule has 2 atom stereocenters. The van der Waals surface area contributed by atoms with Crippen molar-refractivity contribution >= 4 is 16.8 Å². The fourth-order valence-electron chi connectivity index (χ4n) is 4.87. The second kappa shape index (κ2) is 6.84. The number of fused-ring (bicyclic) bond motifs is 3. The lowest BCUT2D eigenvalue weighted by atomic mass is 9.97. The van der Waals surface area contributed by atoms with Crippen LogP contribution in [-0.4, -0.2) is 52.4 Å². The van der Waals surface area contributed by atoms with Crippen LogP contribution in [0.1, 0.15) is 25.7 Å². The van der Waals surface area contributed by atoms with Crippen molar-refractivity contribution in [2.75, 3.05) is 19.0 Å². The van der Waals surface area contributed by atoms with Crippen molar-refractivity contribution in [2.24, 2.45) is 0 Å². The summed E-state index contributed by atoms with van der Waals surface area (Å²) >= 11 is 0. The molecule has 1 N–H and O–H groups in total.